The maximum absolute atomic E-state index is 12.4. The molecule has 0 spiro atoms. The minimum atomic E-state index is -0.460. The Hall–Kier alpha value is -1.39. The molecule has 2 N–H and O–H groups in total. The Morgan fingerprint density at radius 3 is 1.35 bits per heavy atom. The van der Waals surface area contributed by atoms with Gasteiger partial charge in [-0.05, 0) is 36.1 Å². The smallest absolute Gasteiger partial charge is 0.168 e. The number of carbonyl (C=O) groups excluding carboxylic acids is 2. The number of halogens is 3. The molecule has 2 rings (SSSR count). The summed E-state index contributed by atoms with van der Waals surface area (Å²) in [5.41, 5.74) is 8.43. The third-order valence-electron chi connectivity index (χ3n) is 4.96. The van der Waals surface area contributed by atoms with E-state index in [1.165, 1.54) is 0 Å². The minimum Gasteiger partial charge on any atom is -0.327 e. The molecule has 0 fully saturated rings. The van der Waals surface area contributed by atoms with Gasteiger partial charge in [0.25, 0.3) is 0 Å². The van der Waals surface area contributed by atoms with Gasteiger partial charge in [-0.15, -0.1) is 12.4 Å². The molecule has 0 aliphatic rings. The maximum Gasteiger partial charge on any atom is 0.168 e. The molecule has 0 radical (unpaired) electrons. The summed E-state index contributed by atoms with van der Waals surface area (Å²) in [4.78, 5) is 24.9. The van der Waals surface area contributed by atoms with Crippen molar-refractivity contribution >= 4 is 47.2 Å². The second kappa shape index (κ2) is 10.5. The first kappa shape index (κ1) is 27.6. The SMILES string of the molecule is CC(C)(C)C(=O)c1ccc(CC(N)Cc2ccc(C(=O)C(C)(C)C)cc2Cl)c(Cl)c1.Cl. The van der Waals surface area contributed by atoms with E-state index in [4.69, 9.17) is 28.9 Å². The Balaban J connectivity index is 0.00000480. The van der Waals surface area contributed by atoms with Gasteiger partial charge in [-0.1, -0.05) is 89.0 Å². The van der Waals surface area contributed by atoms with Crippen molar-refractivity contribution in [3.05, 3.63) is 68.7 Å². The van der Waals surface area contributed by atoms with Crippen LogP contribution in [0.5, 0.6) is 0 Å². The lowest BCUT2D eigenvalue weighted by Gasteiger charge is -2.19. The predicted octanol–water partition coefficient (Wildman–Crippen LogP) is 6.99. The summed E-state index contributed by atoms with van der Waals surface area (Å²) < 4.78 is 0. The standard InChI is InChI=1S/C25H31Cl2NO2.ClH/c1-24(2,3)22(29)17-9-7-15(20(26)13-17)11-19(28)12-16-8-10-18(14-21(16)27)23(30)25(4,5)6;/h7-10,13-14,19H,11-12,28H2,1-6H3;1H. The fourth-order valence-electron chi connectivity index (χ4n) is 3.21. The van der Waals surface area contributed by atoms with Crippen LogP contribution in [0.4, 0.5) is 0 Å². The van der Waals surface area contributed by atoms with Crippen molar-refractivity contribution < 1.29 is 9.59 Å². The van der Waals surface area contributed by atoms with Crippen molar-refractivity contribution in [1.29, 1.82) is 0 Å². The van der Waals surface area contributed by atoms with Crippen LogP contribution in [0.15, 0.2) is 36.4 Å². The molecule has 0 heterocycles. The summed E-state index contributed by atoms with van der Waals surface area (Å²) in [5, 5.41) is 1.08. The number of nitrogens with two attached hydrogens (primary N) is 1. The predicted molar refractivity (Wildman–Crippen MR) is 133 cm³/mol. The molecule has 170 valence electrons. The number of rotatable bonds is 6. The largest absolute Gasteiger partial charge is 0.327 e. The van der Waals surface area contributed by atoms with Gasteiger partial charge in [0.05, 0.1) is 0 Å². The zero-order chi connectivity index (χ0) is 22.9. The van der Waals surface area contributed by atoms with Crippen LogP contribution in [-0.4, -0.2) is 17.6 Å². The van der Waals surface area contributed by atoms with E-state index in [0.29, 0.717) is 34.0 Å². The molecular weight excluding hydrogens is 453 g/mol. The first-order chi connectivity index (χ1) is 13.7. The van der Waals surface area contributed by atoms with Crippen LogP contribution in [0.1, 0.15) is 73.4 Å². The lowest BCUT2D eigenvalue weighted by atomic mass is 9.85. The van der Waals surface area contributed by atoms with Crippen molar-refractivity contribution in [1.82, 2.24) is 0 Å². The van der Waals surface area contributed by atoms with Crippen LogP contribution < -0.4 is 5.73 Å². The Labute approximate surface area is 202 Å². The maximum atomic E-state index is 12.4. The molecule has 2 aromatic rings. The van der Waals surface area contributed by atoms with E-state index in [1.807, 2.05) is 53.7 Å². The summed E-state index contributed by atoms with van der Waals surface area (Å²) in [6, 6.07) is 10.6. The van der Waals surface area contributed by atoms with Crippen molar-refractivity contribution in [3.8, 4) is 0 Å². The highest BCUT2D eigenvalue weighted by atomic mass is 35.5. The van der Waals surface area contributed by atoms with Gasteiger partial charge in [0.15, 0.2) is 11.6 Å². The van der Waals surface area contributed by atoms with E-state index in [-0.39, 0.29) is 30.0 Å². The van der Waals surface area contributed by atoms with E-state index in [1.54, 1.807) is 24.3 Å². The van der Waals surface area contributed by atoms with Gasteiger partial charge in [-0.25, -0.2) is 0 Å². The molecular formula is C25H32Cl3NO2. The summed E-state index contributed by atoms with van der Waals surface area (Å²) in [5.74, 6) is 0.105. The van der Waals surface area contributed by atoms with Crippen LogP contribution in [0.25, 0.3) is 0 Å². The number of ketones is 2. The summed E-state index contributed by atoms with van der Waals surface area (Å²) in [6.07, 6.45) is 1.11. The monoisotopic (exact) mass is 483 g/mol. The van der Waals surface area contributed by atoms with E-state index < -0.39 is 10.8 Å². The lowest BCUT2D eigenvalue weighted by molar-refractivity contribution is 0.0852. The summed E-state index contributed by atoms with van der Waals surface area (Å²) >= 11 is 12.9. The highest BCUT2D eigenvalue weighted by Gasteiger charge is 2.25. The quantitative estimate of drug-likeness (QED) is 0.450. The first-order valence-corrected chi connectivity index (χ1v) is 10.9. The number of carbonyl (C=O) groups is 2. The Kier molecular flexibility index (Phi) is 9.35. The molecule has 0 saturated heterocycles. The van der Waals surface area contributed by atoms with Gasteiger partial charge in [-0.3, -0.25) is 9.59 Å². The molecule has 0 aromatic heterocycles. The number of hydrogen-bond acceptors (Lipinski definition) is 3. The summed E-state index contributed by atoms with van der Waals surface area (Å²) in [7, 11) is 0. The highest BCUT2D eigenvalue weighted by molar-refractivity contribution is 6.32. The Morgan fingerprint density at radius 2 is 1.10 bits per heavy atom. The van der Waals surface area contributed by atoms with Gasteiger partial charge in [0.1, 0.15) is 0 Å². The fourth-order valence-corrected chi connectivity index (χ4v) is 3.73. The molecule has 0 amide bonds. The normalized spacial score (nSPS) is 11.9. The third kappa shape index (κ3) is 7.32. The van der Waals surface area contributed by atoms with E-state index in [9.17, 15) is 9.59 Å². The van der Waals surface area contributed by atoms with Gasteiger partial charge in [0.2, 0.25) is 0 Å². The van der Waals surface area contributed by atoms with Crippen LogP contribution in [0.2, 0.25) is 10.0 Å². The average molecular weight is 485 g/mol. The molecule has 0 atom stereocenters. The average Bonchev–Trinajstić information content (AvgIpc) is 2.62. The van der Waals surface area contributed by atoms with Gasteiger partial charge in [0, 0.05) is 38.0 Å². The molecule has 6 heteroatoms. The summed E-state index contributed by atoms with van der Waals surface area (Å²) in [6.45, 7) is 11.3. The Bertz CT molecular complexity index is 879. The Morgan fingerprint density at radius 1 is 0.774 bits per heavy atom. The fraction of sp³-hybridized carbons (Fsp3) is 0.440. The van der Waals surface area contributed by atoms with Crippen molar-refractivity contribution in [2.45, 2.75) is 60.4 Å². The lowest BCUT2D eigenvalue weighted by Crippen LogP contribution is -2.26. The van der Waals surface area contributed by atoms with Crippen LogP contribution in [0, 0.1) is 10.8 Å². The van der Waals surface area contributed by atoms with Gasteiger partial charge >= 0.3 is 0 Å². The third-order valence-corrected chi connectivity index (χ3v) is 5.66. The molecule has 0 unspecified atom stereocenters. The van der Waals surface area contributed by atoms with E-state index in [0.717, 1.165) is 11.1 Å². The molecule has 3 nitrogen and oxygen atoms in total. The zero-order valence-corrected chi connectivity index (χ0v) is 21.3. The second-order valence-corrected chi connectivity index (χ2v) is 10.8. The molecule has 31 heavy (non-hydrogen) atoms. The van der Waals surface area contributed by atoms with Crippen LogP contribution in [0.3, 0.4) is 0 Å². The van der Waals surface area contributed by atoms with Gasteiger partial charge < -0.3 is 5.73 Å². The van der Waals surface area contributed by atoms with Crippen LogP contribution >= 0.6 is 35.6 Å². The number of benzene rings is 2. The molecule has 2 aromatic carbocycles. The zero-order valence-electron chi connectivity index (χ0n) is 19.0. The second-order valence-electron chi connectivity index (χ2n) is 9.94. The minimum absolute atomic E-state index is 0. The van der Waals surface area contributed by atoms with Crippen molar-refractivity contribution in [2.75, 3.05) is 0 Å². The molecule has 0 saturated carbocycles. The van der Waals surface area contributed by atoms with Crippen molar-refractivity contribution in [2.24, 2.45) is 16.6 Å². The van der Waals surface area contributed by atoms with Crippen molar-refractivity contribution in [3.63, 3.8) is 0 Å². The molecule has 0 aliphatic carbocycles. The van der Waals surface area contributed by atoms with Crippen LogP contribution in [-0.2, 0) is 12.8 Å². The van der Waals surface area contributed by atoms with Gasteiger partial charge in [-0.2, -0.15) is 0 Å². The van der Waals surface area contributed by atoms with E-state index >= 15 is 0 Å². The molecule has 0 bridgehead atoms. The highest BCUT2D eigenvalue weighted by Crippen LogP contribution is 2.28. The topological polar surface area (TPSA) is 60.2 Å². The van der Waals surface area contributed by atoms with E-state index in [2.05, 4.69) is 0 Å². The number of Topliss-reactive ketones (excluding diaryl/α,β-unsaturated/α-hetero) is 2. The number of hydrogen-bond donors (Lipinski definition) is 1. The first-order valence-electron chi connectivity index (χ1n) is 10.1. The molecule has 0 aliphatic heterocycles.